The van der Waals surface area contributed by atoms with Crippen LogP contribution in [0.15, 0.2) is 28.3 Å². The Bertz CT molecular complexity index is 948. The van der Waals surface area contributed by atoms with Crippen molar-refractivity contribution in [3.05, 3.63) is 18.2 Å². The number of nitrogens with zero attached hydrogens (tertiary/aromatic N) is 2. The van der Waals surface area contributed by atoms with Crippen LogP contribution in [0.1, 0.15) is 58.3 Å². The summed E-state index contributed by atoms with van der Waals surface area (Å²) in [7, 11) is -3.78. The van der Waals surface area contributed by atoms with Crippen molar-refractivity contribution < 1.29 is 13.2 Å². The van der Waals surface area contributed by atoms with Crippen molar-refractivity contribution in [3.8, 4) is 0 Å². The van der Waals surface area contributed by atoms with E-state index in [4.69, 9.17) is 5.14 Å². The van der Waals surface area contributed by atoms with Gasteiger partial charge in [0.2, 0.25) is 15.9 Å². The molecule has 9 heteroatoms. The number of fused-ring (bicyclic) bond motifs is 1. The van der Waals surface area contributed by atoms with Crippen molar-refractivity contribution in [2.75, 3.05) is 5.75 Å². The maximum absolute atomic E-state index is 12.5. The first kappa shape index (κ1) is 22.1. The van der Waals surface area contributed by atoms with Crippen molar-refractivity contribution in [1.29, 1.82) is 0 Å². The maximum Gasteiger partial charge on any atom is 0.238 e. The number of benzene rings is 1. The number of hydrogen-bond donors (Lipinski definition) is 2. The third-order valence-corrected chi connectivity index (χ3v) is 7.15. The predicted molar refractivity (Wildman–Crippen MR) is 116 cm³/mol. The van der Waals surface area contributed by atoms with Crippen LogP contribution in [0.3, 0.4) is 0 Å². The molecule has 1 aliphatic rings. The van der Waals surface area contributed by atoms with Crippen LogP contribution in [0.25, 0.3) is 11.0 Å². The van der Waals surface area contributed by atoms with Gasteiger partial charge in [-0.05, 0) is 37.5 Å². The lowest BCUT2D eigenvalue weighted by Gasteiger charge is -2.20. The third-order valence-electron chi connectivity index (χ3n) is 5.26. The molecule has 0 aliphatic heterocycles. The van der Waals surface area contributed by atoms with Crippen LogP contribution in [0.2, 0.25) is 0 Å². The van der Waals surface area contributed by atoms with E-state index in [1.54, 1.807) is 6.07 Å². The SMILES string of the molecule is CCCn1c(SCC(=O)NC2CCCCCCC2)nc2cc(S(N)(=O)=O)ccc21. The highest BCUT2D eigenvalue weighted by atomic mass is 32.2. The molecule has 1 aliphatic carbocycles. The number of aromatic nitrogens is 2. The number of nitrogens with one attached hydrogen (secondary N) is 1. The van der Waals surface area contributed by atoms with Crippen molar-refractivity contribution in [1.82, 2.24) is 14.9 Å². The molecule has 3 rings (SSSR count). The molecule has 29 heavy (non-hydrogen) atoms. The van der Waals surface area contributed by atoms with Crippen LogP contribution >= 0.6 is 11.8 Å². The quantitative estimate of drug-likeness (QED) is 0.644. The summed E-state index contributed by atoms with van der Waals surface area (Å²) in [6, 6.07) is 5.00. The Labute approximate surface area is 176 Å². The van der Waals surface area contributed by atoms with Crippen LogP contribution in [-0.4, -0.2) is 35.7 Å². The Balaban J connectivity index is 1.71. The Kier molecular flexibility index (Phi) is 7.59. The fraction of sp³-hybridized carbons (Fsp3) is 0.600. The standard InChI is InChI=1S/C20H30N4O3S2/c1-2-12-24-18-11-10-16(29(21,26)27)13-17(18)23-20(24)28-14-19(25)22-15-8-6-4-3-5-7-9-15/h10-11,13,15H,2-9,12,14H2,1H3,(H,22,25)(H2,21,26,27). The first-order valence-electron chi connectivity index (χ1n) is 10.3. The van der Waals surface area contributed by atoms with E-state index in [0.29, 0.717) is 11.3 Å². The van der Waals surface area contributed by atoms with Gasteiger partial charge in [-0.1, -0.05) is 50.8 Å². The van der Waals surface area contributed by atoms with Gasteiger partial charge in [-0.25, -0.2) is 18.5 Å². The fourth-order valence-corrected chi connectivity index (χ4v) is 5.20. The lowest BCUT2D eigenvalue weighted by molar-refractivity contribution is -0.119. The number of carbonyl (C=O) groups is 1. The molecule has 1 aromatic heterocycles. The molecule has 7 nitrogen and oxygen atoms in total. The topological polar surface area (TPSA) is 107 Å². The normalized spacial score (nSPS) is 16.5. The van der Waals surface area contributed by atoms with E-state index in [0.717, 1.165) is 36.5 Å². The second-order valence-corrected chi connectivity index (χ2v) is 10.1. The van der Waals surface area contributed by atoms with Gasteiger partial charge in [-0.3, -0.25) is 4.79 Å². The molecule has 1 aromatic carbocycles. The summed E-state index contributed by atoms with van der Waals surface area (Å²) in [5, 5.41) is 9.14. The highest BCUT2D eigenvalue weighted by molar-refractivity contribution is 7.99. The number of carbonyl (C=O) groups excluding carboxylic acids is 1. The number of primary sulfonamides is 1. The number of rotatable bonds is 7. The van der Waals surface area contributed by atoms with E-state index in [9.17, 15) is 13.2 Å². The molecule has 160 valence electrons. The van der Waals surface area contributed by atoms with Gasteiger partial charge in [0, 0.05) is 12.6 Å². The summed E-state index contributed by atoms with van der Waals surface area (Å²) in [5.74, 6) is 0.326. The minimum atomic E-state index is -3.78. The number of imidazole rings is 1. The van der Waals surface area contributed by atoms with Crippen LogP contribution in [0.4, 0.5) is 0 Å². The van der Waals surface area contributed by atoms with Gasteiger partial charge in [0.05, 0.1) is 21.7 Å². The Morgan fingerprint density at radius 2 is 1.93 bits per heavy atom. The highest BCUT2D eigenvalue weighted by Crippen LogP contribution is 2.26. The van der Waals surface area contributed by atoms with Gasteiger partial charge in [0.25, 0.3) is 0 Å². The minimum absolute atomic E-state index is 0.0286. The summed E-state index contributed by atoms with van der Waals surface area (Å²) < 4.78 is 25.3. The Morgan fingerprint density at radius 1 is 1.24 bits per heavy atom. The van der Waals surface area contributed by atoms with E-state index >= 15 is 0 Å². The van der Waals surface area contributed by atoms with Crippen molar-refractivity contribution >= 4 is 38.7 Å². The third kappa shape index (κ3) is 5.96. The molecule has 1 saturated carbocycles. The van der Waals surface area contributed by atoms with Gasteiger partial charge in [-0.2, -0.15) is 0 Å². The summed E-state index contributed by atoms with van der Waals surface area (Å²) >= 11 is 1.39. The second kappa shape index (κ2) is 9.95. The molecule has 2 aromatic rings. The minimum Gasteiger partial charge on any atom is -0.353 e. The number of amides is 1. The zero-order chi connectivity index (χ0) is 20.9. The predicted octanol–water partition coefficient (Wildman–Crippen LogP) is 3.41. The van der Waals surface area contributed by atoms with Crippen LogP contribution in [0.5, 0.6) is 0 Å². The zero-order valence-corrected chi connectivity index (χ0v) is 18.5. The van der Waals surface area contributed by atoms with Crippen molar-refractivity contribution in [2.45, 2.75) is 80.9 Å². The summed E-state index contributed by atoms with van der Waals surface area (Å²) in [4.78, 5) is 17.1. The lowest BCUT2D eigenvalue weighted by atomic mass is 9.97. The molecule has 1 fully saturated rings. The Hall–Kier alpha value is -1.58. The Morgan fingerprint density at radius 3 is 2.59 bits per heavy atom. The van der Waals surface area contributed by atoms with E-state index in [2.05, 4.69) is 17.2 Å². The summed E-state index contributed by atoms with van der Waals surface area (Å²) in [5.41, 5.74) is 1.43. The van der Waals surface area contributed by atoms with E-state index in [-0.39, 0.29) is 16.8 Å². The summed E-state index contributed by atoms with van der Waals surface area (Å²) in [6.45, 7) is 2.82. The first-order valence-corrected chi connectivity index (χ1v) is 12.9. The van der Waals surface area contributed by atoms with E-state index < -0.39 is 10.0 Å². The molecule has 0 saturated heterocycles. The van der Waals surface area contributed by atoms with E-state index in [1.807, 2.05) is 4.57 Å². The molecule has 1 heterocycles. The number of nitrogens with two attached hydrogens (primary N) is 1. The smallest absolute Gasteiger partial charge is 0.238 e. The molecule has 0 radical (unpaired) electrons. The second-order valence-electron chi connectivity index (χ2n) is 7.64. The van der Waals surface area contributed by atoms with Crippen molar-refractivity contribution in [2.24, 2.45) is 5.14 Å². The lowest BCUT2D eigenvalue weighted by Crippen LogP contribution is -2.36. The molecule has 0 bridgehead atoms. The van der Waals surface area contributed by atoms with Gasteiger partial charge in [0.1, 0.15) is 0 Å². The average Bonchev–Trinajstić information content (AvgIpc) is 2.99. The molecular weight excluding hydrogens is 408 g/mol. The van der Waals surface area contributed by atoms with Gasteiger partial charge in [0.15, 0.2) is 5.16 Å². The summed E-state index contributed by atoms with van der Waals surface area (Å²) in [6.07, 6.45) is 9.18. The monoisotopic (exact) mass is 438 g/mol. The highest BCUT2D eigenvalue weighted by Gasteiger charge is 2.18. The molecule has 0 unspecified atom stereocenters. The number of aryl methyl sites for hydroxylation is 1. The first-order chi connectivity index (χ1) is 13.9. The van der Waals surface area contributed by atoms with Gasteiger partial charge in [-0.15, -0.1) is 0 Å². The van der Waals surface area contributed by atoms with Crippen LogP contribution < -0.4 is 10.5 Å². The fourth-order valence-electron chi connectivity index (χ4n) is 3.81. The number of sulfonamides is 1. The van der Waals surface area contributed by atoms with Crippen LogP contribution in [-0.2, 0) is 21.4 Å². The largest absolute Gasteiger partial charge is 0.353 e. The van der Waals surface area contributed by atoms with Gasteiger partial charge < -0.3 is 9.88 Å². The van der Waals surface area contributed by atoms with Crippen LogP contribution in [0, 0.1) is 0 Å². The number of thioether (sulfide) groups is 1. The molecule has 3 N–H and O–H groups in total. The van der Waals surface area contributed by atoms with E-state index in [1.165, 1.54) is 56.0 Å². The maximum atomic E-state index is 12.5. The molecular formula is C20H30N4O3S2. The van der Waals surface area contributed by atoms with Gasteiger partial charge >= 0.3 is 0 Å². The average molecular weight is 439 g/mol. The van der Waals surface area contributed by atoms with Crippen molar-refractivity contribution in [3.63, 3.8) is 0 Å². The zero-order valence-electron chi connectivity index (χ0n) is 16.9. The molecule has 0 atom stereocenters. The number of hydrogen-bond acceptors (Lipinski definition) is 5. The molecule has 0 spiro atoms. The molecule has 1 amide bonds.